The molecule has 1 heterocycles. The third-order valence-electron chi connectivity index (χ3n) is 2.89. The fourth-order valence-electron chi connectivity index (χ4n) is 1.81. The smallest absolute Gasteiger partial charge is 0.249 e. The van der Waals surface area contributed by atoms with Crippen molar-refractivity contribution in [3.05, 3.63) is 35.3 Å². The van der Waals surface area contributed by atoms with Crippen molar-refractivity contribution in [1.82, 2.24) is 0 Å². The molecule has 1 aromatic heterocycles. The molecule has 0 amide bonds. The van der Waals surface area contributed by atoms with Gasteiger partial charge in [-0.1, -0.05) is 0 Å². The highest BCUT2D eigenvalue weighted by Crippen LogP contribution is 2.27. The van der Waals surface area contributed by atoms with Crippen LogP contribution < -0.4 is 9.79 Å². The van der Waals surface area contributed by atoms with Gasteiger partial charge in [-0.05, 0) is 61.0 Å². The Kier molecular flexibility index (Phi) is 6.00. The van der Waals surface area contributed by atoms with Crippen LogP contribution in [0.4, 0.5) is 16.5 Å². The topological polar surface area (TPSA) is 50.3 Å². The quantitative estimate of drug-likeness (QED) is 0.440. The summed E-state index contributed by atoms with van der Waals surface area (Å²) in [6.07, 6.45) is 1.96. The van der Waals surface area contributed by atoms with Crippen molar-refractivity contribution >= 4 is 27.8 Å². The van der Waals surface area contributed by atoms with E-state index in [1.807, 2.05) is 62.2 Å². The van der Waals surface area contributed by atoms with E-state index < -0.39 is 0 Å². The summed E-state index contributed by atoms with van der Waals surface area (Å²) in [6, 6.07) is 5.78. The maximum absolute atomic E-state index is 5.45. The molecular weight excluding hydrogens is 300 g/mol. The first-order valence-electron chi connectivity index (χ1n) is 7.17. The van der Waals surface area contributed by atoms with Crippen LogP contribution in [0.3, 0.4) is 0 Å². The molecule has 0 N–H and O–H groups in total. The third-order valence-corrected chi connectivity index (χ3v) is 3.73. The Morgan fingerprint density at radius 3 is 2.45 bits per heavy atom. The lowest BCUT2D eigenvalue weighted by Crippen LogP contribution is -2.23. The number of nitrogens with zero attached hydrogens (tertiary/aromatic N) is 4. The second-order valence-corrected chi connectivity index (χ2v) is 5.43. The molecule has 0 aliphatic rings. The zero-order chi connectivity index (χ0) is 15.9. The van der Waals surface area contributed by atoms with Crippen LogP contribution >= 0.6 is 11.3 Å². The second kappa shape index (κ2) is 7.98. The minimum atomic E-state index is 0.537. The van der Waals surface area contributed by atoms with Crippen LogP contribution in [0.5, 0.6) is 0 Å². The monoisotopic (exact) mass is 321 g/mol. The van der Waals surface area contributed by atoms with Gasteiger partial charge in [-0.2, -0.15) is 0 Å². The average molecular weight is 321 g/mol. The summed E-state index contributed by atoms with van der Waals surface area (Å²) >= 11 is 1.55. The Hall–Kier alpha value is -1.83. The van der Waals surface area contributed by atoms with Crippen molar-refractivity contribution in [2.75, 3.05) is 18.4 Å². The van der Waals surface area contributed by atoms with Crippen LogP contribution in [0.1, 0.15) is 19.4 Å². The van der Waals surface area contributed by atoms with Crippen LogP contribution in [0.2, 0.25) is 0 Å². The fourth-order valence-corrected chi connectivity index (χ4v) is 2.49. The van der Waals surface area contributed by atoms with Gasteiger partial charge in [0, 0.05) is 5.38 Å². The van der Waals surface area contributed by atoms with Gasteiger partial charge < -0.3 is 0 Å². The zero-order valence-electron chi connectivity index (χ0n) is 13.3. The Morgan fingerprint density at radius 1 is 1.18 bits per heavy atom. The number of rotatable bonds is 7. The fraction of sp³-hybridized carbons (Fsp3) is 0.400. The minimum Gasteiger partial charge on any atom is -0.249 e. The molecule has 0 saturated carbocycles. The van der Waals surface area contributed by atoms with E-state index in [0.717, 1.165) is 22.1 Å². The van der Waals surface area contributed by atoms with Gasteiger partial charge >= 0.3 is 5.13 Å². The van der Waals surface area contributed by atoms with Gasteiger partial charge in [-0.3, -0.25) is 0 Å². The Balaban J connectivity index is 2.18. The lowest BCUT2D eigenvalue weighted by atomic mass is 10.2. The predicted molar refractivity (Wildman–Crippen MR) is 86.6 cm³/mol. The minimum absolute atomic E-state index is 0.537. The summed E-state index contributed by atoms with van der Waals surface area (Å²) in [7, 11) is 1.95. The number of aryl methyl sites for hydroxylation is 2. The number of hydrogen-bond donors (Lipinski definition) is 0. The average Bonchev–Trinajstić information content (AvgIpc) is 2.91. The maximum atomic E-state index is 5.45. The van der Waals surface area contributed by atoms with Crippen LogP contribution in [0, 0.1) is 6.92 Å². The summed E-state index contributed by atoms with van der Waals surface area (Å²) in [5.74, 6) is 0. The van der Waals surface area contributed by atoms with Crippen molar-refractivity contribution < 1.29 is 14.2 Å². The Bertz CT molecular complexity index is 636. The molecule has 22 heavy (non-hydrogen) atoms. The van der Waals surface area contributed by atoms with Gasteiger partial charge in [0.15, 0.2) is 0 Å². The lowest BCUT2D eigenvalue weighted by Gasteiger charge is -2.21. The number of azo groups is 1. The molecule has 2 aromatic rings. The van der Waals surface area contributed by atoms with Crippen molar-refractivity contribution in [2.45, 2.75) is 20.8 Å². The van der Waals surface area contributed by atoms with E-state index in [1.54, 1.807) is 11.3 Å². The Labute approximate surface area is 134 Å². The van der Waals surface area contributed by atoms with E-state index in [1.165, 1.54) is 5.23 Å². The number of hydrogen-bond acceptors (Lipinski definition) is 6. The van der Waals surface area contributed by atoms with Crippen LogP contribution in [0.15, 0.2) is 40.0 Å². The summed E-state index contributed by atoms with van der Waals surface area (Å²) in [5.41, 5.74) is 2.66. The molecule has 0 atom stereocenters. The van der Waals surface area contributed by atoms with E-state index in [-0.39, 0.29) is 0 Å². The summed E-state index contributed by atoms with van der Waals surface area (Å²) in [4.78, 5) is 10.9. The molecule has 6 nitrogen and oxygen atoms in total. The van der Waals surface area contributed by atoms with Crippen molar-refractivity contribution in [3.8, 4) is 0 Å². The van der Waals surface area contributed by atoms with E-state index in [0.29, 0.717) is 13.2 Å². The highest BCUT2D eigenvalue weighted by atomic mass is 32.1. The number of benzene rings is 1. The van der Waals surface area contributed by atoms with E-state index in [4.69, 9.17) is 9.68 Å². The number of thiazole rings is 1. The normalized spacial score (nSPS) is 11.3. The molecule has 0 fully saturated rings. The standard InChI is InChI=1S/C15H21N4O2S/c1-5-20-19(21-6-2)13-7-8-14(12(3)11-13)16-17-15-18(4)9-10-22-15/h7-11H,5-6H2,1-4H3/q+1. The van der Waals surface area contributed by atoms with Gasteiger partial charge in [0.2, 0.25) is 0 Å². The number of aromatic nitrogens is 1. The maximum Gasteiger partial charge on any atom is 0.408 e. The Morgan fingerprint density at radius 2 is 1.91 bits per heavy atom. The van der Waals surface area contributed by atoms with Crippen molar-refractivity contribution in [1.29, 1.82) is 0 Å². The van der Waals surface area contributed by atoms with Crippen LogP contribution in [-0.4, -0.2) is 13.2 Å². The predicted octanol–water partition coefficient (Wildman–Crippen LogP) is 4.01. The first-order valence-corrected chi connectivity index (χ1v) is 8.05. The number of anilines is 1. The first kappa shape index (κ1) is 16.5. The molecule has 0 aliphatic carbocycles. The van der Waals surface area contributed by atoms with Gasteiger partial charge in [0.05, 0.1) is 31.1 Å². The zero-order valence-corrected chi connectivity index (χ0v) is 14.1. The van der Waals surface area contributed by atoms with Gasteiger partial charge in [-0.15, -0.1) is 5.23 Å². The van der Waals surface area contributed by atoms with E-state index in [2.05, 4.69) is 10.2 Å². The van der Waals surface area contributed by atoms with Crippen molar-refractivity contribution in [2.24, 2.45) is 17.3 Å². The first-order chi connectivity index (χ1) is 10.7. The summed E-state index contributed by atoms with van der Waals surface area (Å²) in [6.45, 7) is 6.90. The van der Waals surface area contributed by atoms with Crippen LogP contribution in [-0.2, 0) is 16.7 Å². The largest absolute Gasteiger partial charge is 0.408 e. The molecule has 7 heteroatoms. The van der Waals surface area contributed by atoms with Gasteiger partial charge in [0.1, 0.15) is 11.9 Å². The third kappa shape index (κ3) is 4.09. The molecule has 118 valence electrons. The molecule has 0 spiro atoms. The van der Waals surface area contributed by atoms with E-state index >= 15 is 0 Å². The van der Waals surface area contributed by atoms with Crippen LogP contribution in [0.25, 0.3) is 0 Å². The highest BCUT2D eigenvalue weighted by molar-refractivity contribution is 7.12. The van der Waals surface area contributed by atoms with E-state index in [9.17, 15) is 0 Å². The summed E-state index contributed by atoms with van der Waals surface area (Å²) in [5, 5.41) is 12.9. The van der Waals surface area contributed by atoms with Gasteiger partial charge in [0.25, 0.3) is 0 Å². The molecule has 0 radical (unpaired) electrons. The highest BCUT2D eigenvalue weighted by Gasteiger charge is 2.11. The molecule has 0 saturated heterocycles. The lowest BCUT2D eigenvalue weighted by molar-refractivity contribution is -0.654. The molecule has 2 rings (SSSR count). The van der Waals surface area contributed by atoms with Crippen molar-refractivity contribution in [3.63, 3.8) is 0 Å². The molecule has 0 bridgehead atoms. The molecule has 1 aromatic carbocycles. The molecular formula is C15H21N4O2S+. The van der Waals surface area contributed by atoms with Gasteiger partial charge in [-0.25, -0.2) is 14.2 Å². The molecule has 0 unspecified atom stereocenters. The molecule has 0 aliphatic heterocycles. The second-order valence-electron chi connectivity index (χ2n) is 4.56. The summed E-state index contributed by atoms with van der Waals surface area (Å²) < 4.78 is 1.93. The SMILES string of the molecule is CCON(OCC)c1ccc(N=Nc2scc[n+]2C)c(C)c1.